The molecule has 3 nitrogen and oxygen atoms in total. The van der Waals surface area contributed by atoms with Crippen LogP contribution in [-0.4, -0.2) is 17.1 Å². The number of hydrogen-bond donors (Lipinski definition) is 0. The molecule has 2 aliphatic rings. The molecule has 0 spiro atoms. The highest BCUT2D eigenvalue weighted by molar-refractivity contribution is 4.81. The van der Waals surface area contributed by atoms with Crippen LogP contribution in [0.1, 0.15) is 64.2 Å². The van der Waals surface area contributed by atoms with Crippen molar-refractivity contribution in [2.75, 3.05) is 0 Å². The maximum absolute atomic E-state index is 4.46. The van der Waals surface area contributed by atoms with Gasteiger partial charge in [-0.1, -0.05) is 50.3 Å². The van der Waals surface area contributed by atoms with Crippen LogP contribution in [0, 0.1) is 0 Å². The second-order valence-electron chi connectivity index (χ2n) is 5.50. The smallest absolute Gasteiger partial charge is 0.0926 e. The van der Waals surface area contributed by atoms with Gasteiger partial charge in [-0.15, -0.1) is 10.8 Å². The largest absolute Gasteiger partial charge is 0.272 e. The second-order valence-corrected chi connectivity index (χ2v) is 5.50. The van der Waals surface area contributed by atoms with Gasteiger partial charge >= 0.3 is 0 Å². The maximum atomic E-state index is 4.46. The highest BCUT2D eigenvalue weighted by Crippen LogP contribution is 2.30. The van der Waals surface area contributed by atoms with Crippen molar-refractivity contribution in [3.05, 3.63) is 18.5 Å². The van der Waals surface area contributed by atoms with Crippen LogP contribution >= 0.6 is 0 Å². The standard InChI is InChI=1S/C15H25N3/c1-2-13-16-17-18(14-9-5-3-6-10-14)15-11-7-4-8-12-15/h13-15H,1,3-12H2. The van der Waals surface area contributed by atoms with Crippen molar-refractivity contribution in [2.24, 2.45) is 10.3 Å². The summed E-state index contributed by atoms with van der Waals surface area (Å²) in [5.74, 6) is 0. The third kappa shape index (κ3) is 3.71. The van der Waals surface area contributed by atoms with Crippen LogP contribution < -0.4 is 0 Å². The number of rotatable bonds is 4. The Morgan fingerprint density at radius 2 is 1.39 bits per heavy atom. The topological polar surface area (TPSA) is 28.0 Å². The average Bonchev–Trinajstić information content (AvgIpc) is 2.46. The van der Waals surface area contributed by atoms with Crippen molar-refractivity contribution in [3.63, 3.8) is 0 Å². The number of nitrogens with zero attached hydrogens (tertiary/aromatic N) is 3. The van der Waals surface area contributed by atoms with Gasteiger partial charge in [-0.2, -0.15) is 0 Å². The van der Waals surface area contributed by atoms with E-state index in [1.165, 1.54) is 64.2 Å². The predicted molar refractivity (Wildman–Crippen MR) is 74.2 cm³/mol. The van der Waals surface area contributed by atoms with E-state index in [4.69, 9.17) is 0 Å². The first-order chi connectivity index (χ1) is 8.92. The Morgan fingerprint density at radius 3 is 1.83 bits per heavy atom. The van der Waals surface area contributed by atoms with E-state index in [1.54, 1.807) is 6.20 Å². The van der Waals surface area contributed by atoms with Crippen molar-refractivity contribution in [3.8, 4) is 0 Å². The lowest BCUT2D eigenvalue weighted by molar-refractivity contribution is 0.0755. The molecule has 2 saturated carbocycles. The van der Waals surface area contributed by atoms with Gasteiger partial charge in [-0.25, -0.2) is 0 Å². The molecule has 2 fully saturated rings. The van der Waals surface area contributed by atoms with E-state index in [0.29, 0.717) is 12.1 Å². The van der Waals surface area contributed by atoms with E-state index in [1.807, 2.05) is 0 Å². The monoisotopic (exact) mass is 247 g/mol. The normalized spacial score (nSPS) is 22.9. The Labute approximate surface area is 111 Å². The molecule has 0 aromatic heterocycles. The van der Waals surface area contributed by atoms with Crippen LogP contribution in [0.5, 0.6) is 0 Å². The summed E-state index contributed by atoms with van der Waals surface area (Å²) in [6.07, 6.45) is 14.9. The molecule has 3 heteroatoms. The average molecular weight is 247 g/mol. The molecule has 0 amide bonds. The molecule has 18 heavy (non-hydrogen) atoms. The van der Waals surface area contributed by atoms with Crippen LogP contribution in [0.4, 0.5) is 0 Å². The lowest BCUT2D eigenvalue weighted by Crippen LogP contribution is -2.41. The zero-order valence-corrected chi connectivity index (χ0v) is 11.4. The lowest BCUT2D eigenvalue weighted by atomic mass is 9.90. The molecular formula is C15H25N3. The van der Waals surface area contributed by atoms with Crippen LogP contribution in [0.15, 0.2) is 28.8 Å². The predicted octanol–water partition coefficient (Wildman–Crippen LogP) is 4.62. The summed E-state index contributed by atoms with van der Waals surface area (Å²) in [7, 11) is 0. The van der Waals surface area contributed by atoms with Gasteiger partial charge in [-0.05, 0) is 25.7 Å². The molecule has 0 bridgehead atoms. The molecule has 100 valence electrons. The van der Waals surface area contributed by atoms with E-state index in [9.17, 15) is 0 Å². The third-order valence-electron chi connectivity index (χ3n) is 4.20. The van der Waals surface area contributed by atoms with Crippen molar-refractivity contribution in [2.45, 2.75) is 76.3 Å². The highest BCUT2D eigenvalue weighted by Gasteiger charge is 2.28. The van der Waals surface area contributed by atoms with Gasteiger partial charge in [0.05, 0.1) is 6.20 Å². The Kier molecular flexibility index (Phi) is 5.47. The summed E-state index contributed by atoms with van der Waals surface area (Å²) in [5.41, 5.74) is 2.67. The molecule has 2 aliphatic carbocycles. The molecule has 0 N–H and O–H groups in total. The van der Waals surface area contributed by atoms with Gasteiger partial charge in [0, 0.05) is 12.1 Å². The summed E-state index contributed by atoms with van der Waals surface area (Å²) >= 11 is 0. The molecule has 0 heterocycles. The van der Waals surface area contributed by atoms with Gasteiger partial charge in [-0.3, -0.25) is 5.01 Å². The zero-order valence-electron chi connectivity index (χ0n) is 11.4. The summed E-state index contributed by atoms with van der Waals surface area (Å²) in [5, 5.41) is 10.9. The second kappa shape index (κ2) is 7.38. The van der Waals surface area contributed by atoms with Crippen LogP contribution in [0.3, 0.4) is 0 Å². The Hall–Kier alpha value is -1.08. The minimum atomic E-state index is 0.615. The molecule has 0 aromatic carbocycles. The van der Waals surface area contributed by atoms with Gasteiger partial charge in [0.1, 0.15) is 0 Å². The maximum Gasteiger partial charge on any atom is 0.0926 e. The van der Waals surface area contributed by atoms with Crippen LogP contribution in [0.25, 0.3) is 0 Å². The SMILES string of the molecule is C=C=CN=NN(C1CCCCC1)C1CCCCC1. The van der Waals surface area contributed by atoms with Gasteiger partial charge in [0.25, 0.3) is 0 Å². The van der Waals surface area contributed by atoms with E-state index in [2.05, 4.69) is 27.7 Å². The van der Waals surface area contributed by atoms with E-state index in [-0.39, 0.29) is 0 Å². The van der Waals surface area contributed by atoms with Crippen molar-refractivity contribution < 1.29 is 0 Å². The van der Waals surface area contributed by atoms with Gasteiger partial charge in [0.2, 0.25) is 0 Å². The quantitative estimate of drug-likeness (QED) is 0.405. The van der Waals surface area contributed by atoms with E-state index < -0.39 is 0 Å². The lowest BCUT2D eigenvalue weighted by Gasteiger charge is -2.38. The van der Waals surface area contributed by atoms with Crippen LogP contribution in [0.2, 0.25) is 0 Å². The zero-order chi connectivity index (χ0) is 12.6. The van der Waals surface area contributed by atoms with Crippen LogP contribution in [-0.2, 0) is 0 Å². The molecule has 0 atom stereocenters. The van der Waals surface area contributed by atoms with Crippen molar-refractivity contribution in [1.82, 2.24) is 5.01 Å². The van der Waals surface area contributed by atoms with E-state index >= 15 is 0 Å². The molecule has 0 saturated heterocycles. The van der Waals surface area contributed by atoms with Gasteiger partial charge < -0.3 is 0 Å². The first kappa shape index (κ1) is 13.4. The Morgan fingerprint density at radius 1 is 0.889 bits per heavy atom. The van der Waals surface area contributed by atoms with Crippen molar-refractivity contribution in [1.29, 1.82) is 0 Å². The van der Waals surface area contributed by atoms with Gasteiger partial charge in [0.15, 0.2) is 0 Å². The Bertz CT molecular complexity index is 288. The summed E-state index contributed by atoms with van der Waals surface area (Å²) in [6, 6.07) is 1.23. The van der Waals surface area contributed by atoms with Crippen molar-refractivity contribution >= 4 is 0 Å². The molecule has 2 rings (SSSR count). The molecular weight excluding hydrogens is 222 g/mol. The fourth-order valence-corrected chi connectivity index (χ4v) is 3.26. The minimum Gasteiger partial charge on any atom is -0.272 e. The fraction of sp³-hybridized carbons (Fsp3) is 0.800. The summed E-state index contributed by atoms with van der Waals surface area (Å²) in [4.78, 5) is 0. The Balaban J connectivity index is 2.02. The molecule has 0 aromatic rings. The number of hydrogen-bond acceptors (Lipinski definition) is 2. The molecule has 0 radical (unpaired) electrons. The first-order valence-electron chi connectivity index (χ1n) is 7.45. The fourth-order valence-electron chi connectivity index (χ4n) is 3.26. The molecule has 0 aliphatic heterocycles. The molecule has 0 unspecified atom stereocenters. The van der Waals surface area contributed by atoms with E-state index in [0.717, 1.165) is 0 Å². The highest BCUT2D eigenvalue weighted by atomic mass is 15.6. The first-order valence-corrected chi connectivity index (χ1v) is 7.45. The third-order valence-corrected chi connectivity index (χ3v) is 4.20. The minimum absolute atomic E-state index is 0.615. The summed E-state index contributed by atoms with van der Waals surface area (Å²) in [6.45, 7) is 3.53. The summed E-state index contributed by atoms with van der Waals surface area (Å²) < 4.78 is 0.